The predicted octanol–water partition coefficient (Wildman–Crippen LogP) is 3.84. The Morgan fingerprint density at radius 2 is 2.00 bits per heavy atom. The Morgan fingerprint density at radius 3 is 2.56 bits per heavy atom. The zero-order valence-electron chi connectivity index (χ0n) is 9.63. The summed E-state index contributed by atoms with van der Waals surface area (Å²) in [6.07, 6.45) is -0.807. The molecule has 2 nitrogen and oxygen atoms in total. The van der Waals surface area contributed by atoms with Crippen LogP contribution in [0.1, 0.15) is 32.4 Å². The molecule has 90 valence electrons. The fourth-order valence-corrected chi connectivity index (χ4v) is 1.97. The standard InChI is InChI=1S/C12H16Cl2O2/c1-4-16-12(2,3)11(15)8-6-5-7-9(13)10(8)14/h5-7,11,15H,4H2,1-3H3. The molecule has 0 saturated carbocycles. The van der Waals surface area contributed by atoms with E-state index in [1.807, 2.05) is 20.8 Å². The van der Waals surface area contributed by atoms with Crippen molar-refractivity contribution in [2.75, 3.05) is 6.61 Å². The first-order valence-corrected chi connectivity index (χ1v) is 5.91. The van der Waals surface area contributed by atoms with Crippen LogP contribution in [-0.2, 0) is 4.74 Å². The minimum atomic E-state index is -0.807. The topological polar surface area (TPSA) is 29.5 Å². The van der Waals surface area contributed by atoms with Gasteiger partial charge in [0.2, 0.25) is 0 Å². The van der Waals surface area contributed by atoms with Gasteiger partial charge in [0.1, 0.15) is 6.10 Å². The number of benzene rings is 1. The van der Waals surface area contributed by atoms with E-state index < -0.39 is 11.7 Å². The fraction of sp³-hybridized carbons (Fsp3) is 0.500. The van der Waals surface area contributed by atoms with Gasteiger partial charge in [0.05, 0.1) is 15.6 Å². The molecule has 0 saturated heterocycles. The summed E-state index contributed by atoms with van der Waals surface area (Å²) < 4.78 is 5.49. The van der Waals surface area contributed by atoms with Crippen LogP contribution in [0.25, 0.3) is 0 Å². The molecule has 1 aromatic rings. The summed E-state index contributed by atoms with van der Waals surface area (Å²) in [6, 6.07) is 5.20. The fourth-order valence-electron chi connectivity index (χ4n) is 1.56. The van der Waals surface area contributed by atoms with Crippen molar-refractivity contribution in [3.8, 4) is 0 Å². The molecule has 0 amide bonds. The molecule has 0 radical (unpaired) electrons. The van der Waals surface area contributed by atoms with Gasteiger partial charge in [0, 0.05) is 12.2 Å². The van der Waals surface area contributed by atoms with Crippen molar-refractivity contribution in [3.63, 3.8) is 0 Å². The maximum atomic E-state index is 10.2. The van der Waals surface area contributed by atoms with Crippen LogP contribution >= 0.6 is 23.2 Å². The van der Waals surface area contributed by atoms with Crippen LogP contribution in [0.3, 0.4) is 0 Å². The molecule has 0 aliphatic rings. The van der Waals surface area contributed by atoms with Crippen molar-refractivity contribution < 1.29 is 9.84 Å². The molecule has 0 fully saturated rings. The largest absolute Gasteiger partial charge is 0.385 e. The summed E-state index contributed by atoms with van der Waals surface area (Å²) in [5.41, 5.74) is -0.101. The smallest absolute Gasteiger partial charge is 0.109 e. The number of aliphatic hydroxyl groups excluding tert-OH is 1. The van der Waals surface area contributed by atoms with Crippen molar-refractivity contribution in [1.29, 1.82) is 0 Å². The van der Waals surface area contributed by atoms with E-state index in [0.29, 0.717) is 22.2 Å². The Morgan fingerprint density at radius 1 is 1.38 bits per heavy atom. The molecule has 1 rings (SSSR count). The average molecular weight is 263 g/mol. The van der Waals surface area contributed by atoms with E-state index in [-0.39, 0.29) is 0 Å². The minimum absolute atomic E-state index is 0.379. The molecular formula is C12H16Cl2O2. The number of hydrogen-bond acceptors (Lipinski definition) is 2. The first-order chi connectivity index (χ1) is 7.40. The van der Waals surface area contributed by atoms with Crippen LogP contribution in [0.4, 0.5) is 0 Å². The molecule has 1 unspecified atom stereocenters. The van der Waals surface area contributed by atoms with E-state index in [4.69, 9.17) is 27.9 Å². The molecule has 0 spiro atoms. The van der Waals surface area contributed by atoms with Crippen molar-refractivity contribution in [1.82, 2.24) is 0 Å². The maximum Gasteiger partial charge on any atom is 0.109 e. The second-order valence-electron chi connectivity index (χ2n) is 4.08. The number of rotatable bonds is 4. The Kier molecular flexibility index (Phi) is 4.62. The summed E-state index contributed by atoms with van der Waals surface area (Å²) in [4.78, 5) is 0. The second-order valence-corrected chi connectivity index (χ2v) is 4.87. The molecule has 0 aliphatic carbocycles. The van der Waals surface area contributed by atoms with Gasteiger partial charge in [-0.1, -0.05) is 35.3 Å². The quantitative estimate of drug-likeness (QED) is 0.894. The molecule has 1 atom stereocenters. The monoisotopic (exact) mass is 262 g/mol. The molecular weight excluding hydrogens is 247 g/mol. The highest BCUT2D eigenvalue weighted by Crippen LogP contribution is 2.36. The summed E-state index contributed by atoms with van der Waals surface area (Å²) in [7, 11) is 0. The first-order valence-electron chi connectivity index (χ1n) is 5.16. The van der Waals surface area contributed by atoms with Gasteiger partial charge in [-0.2, -0.15) is 0 Å². The van der Waals surface area contributed by atoms with Crippen molar-refractivity contribution in [2.45, 2.75) is 32.5 Å². The van der Waals surface area contributed by atoms with Crippen molar-refractivity contribution >= 4 is 23.2 Å². The van der Waals surface area contributed by atoms with E-state index >= 15 is 0 Å². The van der Waals surface area contributed by atoms with Gasteiger partial charge in [-0.25, -0.2) is 0 Å². The highest BCUT2D eigenvalue weighted by Gasteiger charge is 2.31. The Balaban J connectivity index is 3.04. The number of ether oxygens (including phenoxy) is 1. The van der Waals surface area contributed by atoms with E-state index in [1.165, 1.54) is 0 Å². The molecule has 0 heterocycles. The van der Waals surface area contributed by atoms with E-state index in [1.54, 1.807) is 18.2 Å². The third-order valence-corrected chi connectivity index (χ3v) is 3.28. The van der Waals surface area contributed by atoms with Crippen molar-refractivity contribution in [2.24, 2.45) is 0 Å². The van der Waals surface area contributed by atoms with Crippen LogP contribution < -0.4 is 0 Å². The van der Waals surface area contributed by atoms with Gasteiger partial charge in [0.15, 0.2) is 0 Å². The molecule has 1 N–H and O–H groups in total. The van der Waals surface area contributed by atoms with Crippen LogP contribution in [0.5, 0.6) is 0 Å². The van der Waals surface area contributed by atoms with Crippen molar-refractivity contribution in [3.05, 3.63) is 33.8 Å². The van der Waals surface area contributed by atoms with Crippen LogP contribution in [0.15, 0.2) is 18.2 Å². The maximum absolute atomic E-state index is 10.2. The third kappa shape index (κ3) is 2.89. The Hall–Kier alpha value is -0.280. The highest BCUT2D eigenvalue weighted by atomic mass is 35.5. The molecule has 4 heteroatoms. The third-order valence-electron chi connectivity index (χ3n) is 2.45. The van der Waals surface area contributed by atoms with E-state index in [9.17, 15) is 5.11 Å². The summed E-state index contributed by atoms with van der Waals surface area (Å²) in [6.45, 7) is 6.05. The van der Waals surface area contributed by atoms with E-state index in [0.717, 1.165) is 0 Å². The Labute approximate surface area is 106 Å². The predicted molar refractivity (Wildman–Crippen MR) is 67.1 cm³/mol. The van der Waals surface area contributed by atoms with Crippen LogP contribution in [0.2, 0.25) is 10.0 Å². The first kappa shape index (κ1) is 13.8. The van der Waals surface area contributed by atoms with Gasteiger partial charge in [-0.05, 0) is 26.8 Å². The highest BCUT2D eigenvalue weighted by molar-refractivity contribution is 6.42. The van der Waals surface area contributed by atoms with Crippen LogP contribution in [-0.4, -0.2) is 17.3 Å². The number of aliphatic hydroxyl groups is 1. The lowest BCUT2D eigenvalue weighted by Gasteiger charge is -2.31. The van der Waals surface area contributed by atoms with Gasteiger partial charge in [-0.3, -0.25) is 0 Å². The minimum Gasteiger partial charge on any atom is -0.385 e. The summed E-state index contributed by atoms with van der Waals surface area (Å²) in [5.74, 6) is 0. The zero-order chi connectivity index (χ0) is 12.3. The number of halogens is 2. The molecule has 0 aromatic heterocycles. The second kappa shape index (κ2) is 5.37. The zero-order valence-corrected chi connectivity index (χ0v) is 11.1. The Bertz CT molecular complexity index is 364. The lowest BCUT2D eigenvalue weighted by molar-refractivity contribution is -0.0983. The van der Waals surface area contributed by atoms with Gasteiger partial charge in [0.25, 0.3) is 0 Å². The van der Waals surface area contributed by atoms with Gasteiger partial charge >= 0.3 is 0 Å². The molecule has 16 heavy (non-hydrogen) atoms. The number of hydrogen-bond donors (Lipinski definition) is 1. The SMILES string of the molecule is CCOC(C)(C)C(O)c1cccc(Cl)c1Cl. The molecule has 0 bridgehead atoms. The molecule has 1 aromatic carbocycles. The lowest BCUT2D eigenvalue weighted by Crippen LogP contribution is -2.33. The van der Waals surface area contributed by atoms with Gasteiger partial charge in [-0.15, -0.1) is 0 Å². The van der Waals surface area contributed by atoms with Crippen LogP contribution in [0, 0.1) is 0 Å². The lowest BCUT2D eigenvalue weighted by atomic mass is 9.94. The van der Waals surface area contributed by atoms with Gasteiger partial charge < -0.3 is 9.84 Å². The summed E-state index contributed by atoms with van der Waals surface area (Å²) >= 11 is 11.9. The summed E-state index contributed by atoms with van der Waals surface area (Å²) in [5, 5.41) is 11.0. The van der Waals surface area contributed by atoms with E-state index in [2.05, 4.69) is 0 Å². The molecule has 0 aliphatic heterocycles. The normalized spacial score (nSPS) is 13.9. The average Bonchev–Trinajstić information content (AvgIpc) is 2.21.